The molecular formula is C14H16BrNO2S2. The summed E-state index contributed by atoms with van der Waals surface area (Å²) >= 11 is 6.36. The minimum atomic E-state index is -0.278. The molecule has 1 aliphatic rings. The number of carbonyl (C=O) groups is 2. The van der Waals surface area contributed by atoms with Gasteiger partial charge in [0.2, 0.25) is 5.91 Å². The number of halogens is 1. The van der Waals surface area contributed by atoms with E-state index >= 15 is 0 Å². The first-order valence-corrected chi connectivity index (χ1v) is 9.47. The quantitative estimate of drug-likeness (QED) is 0.447. The minimum absolute atomic E-state index is 0.173. The fourth-order valence-corrected chi connectivity index (χ4v) is 4.02. The van der Waals surface area contributed by atoms with Crippen molar-refractivity contribution in [3.8, 4) is 0 Å². The molecule has 1 aromatic rings. The Balaban J connectivity index is 1.82. The van der Waals surface area contributed by atoms with Crippen LogP contribution in [0.3, 0.4) is 0 Å². The van der Waals surface area contributed by atoms with Crippen LogP contribution in [0.1, 0.15) is 18.4 Å². The minimum Gasteiger partial charge on any atom is -0.286 e. The van der Waals surface area contributed by atoms with Gasteiger partial charge < -0.3 is 0 Å². The number of unbranched alkanes of at least 4 members (excludes halogenated alkanes) is 1. The molecule has 20 heavy (non-hydrogen) atoms. The molecule has 2 amide bonds. The van der Waals surface area contributed by atoms with Gasteiger partial charge in [-0.25, -0.2) is 0 Å². The first-order chi connectivity index (χ1) is 9.69. The molecule has 0 saturated carbocycles. The Morgan fingerprint density at radius 3 is 2.55 bits per heavy atom. The van der Waals surface area contributed by atoms with Crippen molar-refractivity contribution < 1.29 is 9.59 Å². The third kappa shape index (κ3) is 4.82. The summed E-state index contributed by atoms with van der Waals surface area (Å²) in [5, 5.41) is 2.86. The Bertz CT molecular complexity index is 479. The first kappa shape index (κ1) is 15.9. The van der Waals surface area contributed by atoms with Crippen LogP contribution in [0.5, 0.6) is 0 Å². The van der Waals surface area contributed by atoms with Crippen molar-refractivity contribution in [2.45, 2.75) is 29.4 Å². The van der Waals surface area contributed by atoms with E-state index in [1.165, 1.54) is 17.7 Å². The number of carbonyl (C=O) groups excluding carboxylic acids is 2. The van der Waals surface area contributed by atoms with E-state index in [2.05, 4.69) is 33.4 Å². The van der Waals surface area contributed by atoms with E-state index in [0.29, 0.717) is 6.42 Å². The number of hydrogen-bond donors (Lipinski definition) is 1. The fraction of sp³-hybridized carbons (Fsp3) is 0.429. The third-order valence-corrected chi connectivity index (χ3v) is 5.55. The number of amides is 2. The van der Waals surface area contributed by atoms with Crippen LogP contribution in [0, 0.1) is 0 Å². The number of benzene rings is 1. The molecule has 1 unspecified atom stereocenters. The maximum Gasteiger partial charge on any atom is 0.286 e. The molecule has 1 aliphatic heterocycles. The lowest BCUT2D eigenvalue weighted by atomic mass is 10.1. The molecule has 1 N–H and O–H groups in total. The molecule has 3 nitrogen and oxygen atoms in total. The van der Waals surface area contributed by atoms with Gasteiger partial charge >= 0.3 is 0 Å². The predicted octanol–water partition coefficient (Wildman–Crippen LogP) is 3.85. The van der Waals surface area contributed by atoms with Gasteiger partial charge in [0.15, 0.2) is 0 Å². The summed E-state index contributed by atoms with van der Waals surface area (Å²) < 4.78 is 0. The molecule has 0 bridgehead atoms. The highest BCUT2D eigenvalue weighted by Gasteiger charge is 2.31. The molecule has 1 saturated heterocycles. The van der Waals surface area contributed by atoms with Gasteiger partial charge in [-0.15, -0.1) is 11.8 Å². The summed E-state index contributed by atoms with van der Waals surface area (Å²) in [6.07, 6.45) is 3.02. The zero-order valence-electron chi connectivity index (χ0n) is 10.9. The number of imide groups is 1. The number of thioether (sulfide) groups is 2. The largest absolute Gasteiger partial charge is 0.286 e. The summed E-state index contributed by atoms with van der Waals surface area (Å²) in [4.78, 5) is 23.9. The summed E-state index contributed by atoms with van der Waals surface area (Å²) in [6, 6.07) is 8.27. The summed E-state index contributed by atoms with van der Waals surface area (Å²) in [5.41, 5.74) is 1.09. The molecule has 1 heterocycles. The van der Waals surface area contributed by atoms with Gasteiger partial charge in [-0.3, -0.25) is 14.9 Å². The second-order valence-electron chi connectivity index (χ2n) is 4.48. The molecule has 0 aliphatic carbocycles. The maximum absolute atomic E-state index is 11.5. The topological polar surface area (TPSA) is 46.2 Å². The van der Waals surface area contributed by atoms with Crippen LogP contribution < -0.4 is 5.32 Å². The van der Waals surface area contributed by atoms with Crippen LogP contribution in [-0.2, 0) is 11.2 Å². The molecule has 0 aromatic heterocycles. The van der Waals surface area contributed by atoms with Gasteiger partial charge in [0.25, 0.3) is 5.24 Å². The summed E-state index contributed by atoms with van der Waals surface area (Å²) in [7, 11) is 0. The van der Waals surface area contributed by atoms with Crippen molar-refractivity contribution in [1.82, 2.24) is 5.32 Å². The molecule has 1 aromatic carbocycles. The molecule has 6 heteroatoms. The van der Waals surface area contributed by atoms with Crippen molar-refractivity contribution >= 4 is 50.6 Å². The van der Waals surface area contributed by atoms with Gasteiger partial charge in [0.05, 0.1) is 5.25 Å². The van der Waals surface area contributed by atoms with Crippen LogP contribution in [0.2, 0.25) is 0 Å². The highest BCUT2D eigenvalue weighted by atomic mass is 79.9. The Morgan fingerprint density at radius 2 is 1.95 bits per heavy atom. The van der Waals surface area contributed by atoms with E-state index in [1.807, 2.05) is 23.9 Å². The van der Waals surface area contributed by atoms with Crippen molar-refractivity contribution in [1.29, 1.82) is 0 Å². The maximum atomic E-state index is 11.5. The summed E-state index contributed by atoms with van der Waals surface area (Å²) in [5.74, 6) is 0.952. The van der Waals surface area contributed by atoms with E-state index in [1.54, 1.807) is 0 Å². The lowest BCUT2D eigenvalue weighted by Crippen LogP contribution is -2.25. The van der Waals surface area contributed by atoms with Gasteiger partial charge in [-0.2, -0.15) is 0 Å². The van der Waals surface area contributed by atoms with Crippen molar-refractivity contribution in [2.24, 2.45) is 0 Å². The number of hydrogen-bond acceptors (Lipinski definition) is 4. The third-order valence-electron chi connectivity index (χ3n) is 2.91. The van der Waals surface area contributed by atoms with E-state index in [4.69, 9.17) is 0 Å². The predicted molar refractivity (Wildman–Crippen MR) is 88.8 cm³/mol. The van der Waals surface area contributed by atoms with Gasteiger partial charge in [-0.05, 0) is 42.7 Å². The van der Waals surface area contributed by atoms with Crippen LogP contribution in [0.15, 0.2) is 29.2 Å². The Kier molecular flexibility index (Phi) is 6.45. The Morgan fingerprint density at radius 1 is 1.20 bits per heavy atom. The van der Waals surface area contributed by atoms with E-state index < -0.39 is 0 Å². The van der Waals surface area contributed by atoms with Crippen molar-refractivity contribution in [3.05, 3.63) is 29.8 Å². The van der Waals surface area contributed by atoms with Crippen molar-refractivity contribution in [3.63, 3.8) is 0 Å². The second-order valence-corrected chi connectivity index (χ2v) is 7.61. The molecule has 0 spiro atoms. The van der Waals surface area contributed by atoms with Gasteiger partial charge in [-0.1, -0.05) is 39.8 Å². The molecule has 0 radical (unpaired) electrons. The number of nitrogens with one attached hydrogen (secondary N) is 1. The fourth-order valence-electron chi connectivity index (χ4n) is 1.85. The lowest BCUT2D eigenvalue weighted by molar-refractivity contribution is -0.118. The zero-order valence-corrected chi connectivity index (χ0v) is 14.2. The standard InChI is InChI=1S/C14H16BrNO2S2/c15-7-1-2-8-19-11-5-3-10(4-6-11)9-12-13(17)16-14(18)20-12/h3-6,12H,1-2,7-9H2,(H,16,17,18). The van der Waals surface area contributed by atoms with Crippen molar-refractivity contribution in [2.75, 3.05) is 11.1 Å². The molecule has 1 fully saturated rings. The number of rotatable bonds is 7. The second kappa shape index (κ2) is 8.10. The van der Waals surface area contributed by atoms with Crippen LogP contribution in [-0.4, -0.2) is 27.5 Å². The molecule has 108 valence electrons. The van der Waals surface area contributed by atoms with Gasteiger partial charge in [0.1, 0.15) is 0 Å². The highest BCUT2D eigenvalue weighted by Crippen LogP contribution is 2.25. The summed E-state index contributed by atoms with van der Waals surface area (Å²) in [6.45, 7) is 0. The Labute approximate surface area is 135 Å². The first-order valence-electron chi connectivity index (χ1n) is 6.48. The SMILES string of the molecule is O=C1NC(=O)C(Cc2ccc(SCCCCBr)cc2)S1. The van der Waals surface area contributed by atoms with E-state index in [9.17, 15) is 9.59 Å². The Hall–Kier alpha value is -0.460. The normalized spacial score (nSPS) is 18.4. The van der Waals surface area contributed by atoms with Gasteiger partial charge in [0, 0.05) is 10.2 Å². The van der Waals surface area contributed by atoms with Crippen LogP contribution in [0.4, 0.5) is 4.79 Å². The van der Waals surface area contributed by atoms with E-state index in [0.717, 1.165) is 28.4 Å². The molecule has 1 atom stereocenters. The zero-order chi connectivity index (χ0) is 14.4. The number of alkyl halides is 1. The molecular weight excluding hydrogens is 358 g/mol. The smallest absolute Gasteiger partial charge is 0.286 e. The monoisotopic (exact) mass is 373 g/mol. The average molecular weight is 374 g/mol. The van der Waals surface area contributed by atoms with Crippen LogP contribution >= 0.6 is 39.5 Å². The van der Waals surface area contributed by atoms with Crippen LogP contribution in [0.25, 0.3) is 0 Å². The highest BCUT2D eigenvalue weighted by molar-refractivity contribution is 9.09. The molecule has 2 rings (SSSR count). The lowest BCUT2D eigenvalue weighted by Gasteiger charge is -2.06. The average Bonchev–Trinajstić information content (AvgIpc) is 2.75. The van der Waals surface area contributed by atoms with E-state index in [-0.39, 0.29) is 16.4 Å².